The van der Waals surface area contributed by atoms with Crippen LogP contribution in [0.3, 0.4) is 0 Å². The minimum atomic E-state index is -0.486. The van der Waals surface area contributed by atoms with Crippen LogP contribution in [0.2, 0.25) is 0 Å². The summed E-state index contributed by atoms with van der Waals surface area (Å²) < 4.78 is 0. The van der Waals surface area contributed by atoms with Gasteiger partial charge >= 0.3 is 0 Å². The van der Waals surface area contributed by atoms with Gasteiger partial charge in [0.05, 0.1) is 5.69 Å². The Morgan fingerprint density at radius 1 is 1.28 bits per heavy atom. The van der Waals surface area contributed by atoms with E-state index in [0.29, 0.717) is 25.2 Å². The molecule has 1 aromatic carbocycles. The standard InChI is InChI=1S/C18H22N4O3/c1-3-15-17(24)19-9-10-21(15)18(25)14-11-16(12(2)23)22(20-14)13-7-5-4-6-8-13/h4-8,15-16H,3,9-11H2,1-2H3,(H,19,24). The van der Waals surface area contributed by atoms with Crippen LogP contribution in [0.4, 0.5) is 5.69 Å². The molecule has 0 saturated carbocycles. The number of carbonyl (C=O) groups excluding carboxylic acids is 3. The average molecular weight is 342 g/mol. The van der Waals surface area contributed by atoms with Crippen LogP contribution in [0, 0.1) is 0 Å². The number of benzene rings is 1. The summed E-state index contributed by atoms with van der Waals surface area (Å²) in [7, 11) is 0. The summed E-state index contributed by atoms with van der Waals surface area (Å²) >= 11 is 0. The molecule has 2 unspecified atom stereocenters. The van der Waals surface area contributed by atoms with E-state index in [2.05, 4.69) is 10.4 Å². The van der Waals surface area contributed by atoms with Gasteiger partial charge in [0.2, 0.25) is 5.91 Å². The van der Waals surface area contributed by atoms with Gasteiger partial charge in [-0.3, -0.25) is 19.4 Å². The lowest BCUT2D eigenvalue weighted by molar-refractivity contribution is -0.139. The van der Waals surface area contributed by atoms with Crippen molar-refractivity contribution in [3.8, 4) is 0 Å². The lowest BCUT2D eigenvalue weighted by atomic mass is 10.0. The number of carbonyl (C=O) groups is 3. The minimum Gasteiger partial charge on any atom is -0.353 e. The van der Waals surface area contributed by atoms with Crippen molar-refractivity contribution >= 4 is 29.0 Å². The largest absolute Gasteiger partial charge is 0.353 e. The second-order valence-corrected chi connectivity index (χ2v) is 6.27. The molecule has 1 aromatic rings. The molecule has 0 spiro atoms. The molecule has 25 heavy (non-hydrogen) atoms. The van der Waals surface area contributed by atoms with Crippen LogP contribution in [-0.4, -0.2) is 53.4 Å². The fourth-order valence-corrected chi connectivity index (χ4v) is 3.30. The number of Topliss-reactive ketones (excluding diaryl/α,β-unsaturated/α-hetero) is 1. The van der Waals surface area contributed by atoms with Crippen molar-refractivity contribution in [3.63, 3.8) is 0 Å². The van der Waals surface area contributed by atoms with E-state index in [0.717, 1.165) is 5.69 Å². The predicted octanol–water partition coefficient (Wildman–Crippen LogP) is 0.947. The first-order valence-corrected chi connectivity index (χ1v) is 8.53. The zero-order chi connectivity index (χ0) is 18.0. The topological polar surface area (TPSA) is 82.1 Å². The van der Waals surface area contributed by atoms with Crippen LogP contribution in [0.15, 0.2) is 35.4 Å². The van der Waals surface area contributed by atoms with Gasteiger partial charge in [0.25, 0.3) is 5.91 Å². The lowest BCUT2D eigenvalue weighted by Crippen LogP contribution is -2.58. The lowest BCUT2D eigenvalue weighted by Gasteiger charge is -2.34. The molecule has 1 N–H and O–H groups in total. The first kappa shape index (κ1) is 17.1. The van der Waals surface area contributed by atoms with E-state index in [1.807, 2.05) is 37.3 Å². The Labute approximate surface area is 146 Å². The van der Waals surface area contributed by atoms with Gasteiger partial charge in [-0.2, -0.15) is 5.10 Å². The van der Waals surface area contributed by atoms with Crippen molar-refractivity contribution in [2.24, 2.45) is 5.10 Å². The SMILES string of the molecule is CCC1C(=O)NCCN1C(=O)C1=NN(c2ccccc2)C(C(C)=O)C1. The van der Waals surface area contributed by atoms with E-state index in [1.165, 1.54) is 6.92 Å². The van der Waals surface area contributed by atoms with Crippen molar-refractivity contribution < 1.29 is 14.4 Å². The Kier molecular flexibility index (Phi) is 4.83. The van der Waals surface area contributed by atoms with Crippen LogP contribution < -0.4 is 10.3 Å². The maximum Gasteiger partial charge on any atom is 0.270 e. The third kappa shape index (κ3) is 3.26. The third-order valence-electron chi connectivity index (χ3n) is 4.63. The van der Waals surface area contributed by atoms with E-state index in [9.17, 15) is 14.4 Å². The number of amides is 2. The molecule has 0 aromatic heterocycles. The molecule has 2 amide bonds. The molecular weight excluding hydrogens is 320 g/mol. The monoisotopic (exact) mass is 342 g/mol. The maximum atomic E-state index is 12.9. The van der Waals surface area contributed by atoms with Gasteiger partial charge in [0, 0.05) is 19.5 Å². The molecule has 132 valence electrons. The van der Waals surface area contributed by atoms with Crippen LogP contribution in [0.1, 0.15) is 26.7 Å². The Morgan fingerprint density at radius 2 is 2.00 bits per heavy atom. The zero-order valence-corrected chi connectivity index (χ0v) is 14.4. The van der Waals surface area contributed by atoms with Gasteiger partial charge in [-0.05, 0) is 25.5 Å². The highest BCUT2D eigenvalue weighted by Gasteiger charge is 2.39. The number of hydrazone groups is 1. The first-order valence-electron chi connectivity index (χ1n) is 8.53. The van der Waals surface area contributed by atoms with Crippen molar-refractivity contribution in [3.05, 3.63) is 30.3 Å². The van der Waals surface area contributed by atoms with Crippen molar-refractivity contribution in [2.45, 2.75) is 38.8 Å². The second-order valence-electron chi connectivity index (χ2n) is 6.27. The van der Waals surface area contributed by atoms with E-state index in [4.69, 9.17) is 0 Å². The summed E-state index contributed by atoms with van der Waals surface area (Å²) in [6.45, 7) is 4.28. The number of piperazine rings is 1. The fourth-order valence-electron chi connectivity index (χ4n) is 3.30. The number of nitrogens with zero attached hydrogens (tertiary/aromatic N) is 3. The van der Waals surface area contributed by atoms with Crippen molar-refractivity contribution in [1.82, 2.24) is 10.2 Å². The average Bonchev–Trinajstić information content (AvgIpc) is 3.07. The highest BCUT2D eigenvalue weighted by atomic mass is 16.2. The summed E-state index contributed by atoms with van der Waals surface area (Å²) in [6.07, 6.45) is 0.807. The fraction of sp³-hybridized carbons (Fsp3) is 0.444. The predicted molar refractivity (Wildman–Crippen MR) is 94.2 cm³/mol. The number of hydrogen-bond acceptors (Lipinski definition) is 5. The zero-order valence-electron chi connectivity index (χ0n) is 14.4. The molecule has 3 rings (SSSR count). The summed E-state index contributed by atoms with van der Waals surface area (Å²) in [5.74, 6) is -0.436. The van der Waals surface area contributed by atoms with Crippen molar-refractivity contribution in [1.29, 1.82) is 0 Å². The van der Waals surface area contributed by atoms with Gasteiger partial charge in [0.1, 0.15) is 17.8 Å². The van der Waals surface area contributed by atoms with Gasteiger partial charge in [-0.25, -0.2) is 0 Å². The van der Waals surface area contributed by atoms with Crippen LogP contribution in [-0.2, 0) is 14.4 Å². The minimum absolute atomic E-state index is 0.0427. The van der Waals surface area contributed by atoms with E-state index in [1.54, 1.807) is 9.91 Å². The summed E-state index contributed by atoms with van der Waals surface area (Å²) in [6, 6.07) is 8.36. The van der Waals surface area contributed by atoms with Gasteiger partial charge in [-0.15, -0.1) is 0 Å². The molecule has 7 nitrogen and oxygen atoms in total. The quantitative estimate of drug-likeness (QED) is 0.883. The Hall–Kier alpha value is -2.70. The molecule has 0 aliphatic carbocycles. The van der Waals surface area contributed by atoms with E-state index in [-0.39, 0.29) is 24.0 Å². The smallest absolute Gasteiger partial charge is 0.270 e. The van der Waals surface area contributed by atoms with Gasteiger partial charge in [0.15, 0.2) is 5.78 Å². The van der Waals surface area contributed by atoms with Gasteiger partial charge in [-0.1, -0.05) is 25.1 Å². The normalized spacial score (nSPS) is 23.3. The molecule has 2 heterocycles. The number of nitrogens with one attached hydrogen (secondary N) is 1. The molecular formula is C18H22N4O3. The molecule has 0 radical (unpaired) electrons. The molecule has 1 saturated heterocycles. The molecule has 2 atom stereocenters. The summed E-state index contributed by atoms with van der Waals surface area (Å²) in [5.41, 5.74) is 1.10. The number of ketones is 1. The highest BCUT2D eigenvalue weighted by Crippen LogP contribution is 2.26. The van der Waals surface area contributed by atoms with Crippen LogP contribution in [0.5, 0.6) is 0 Å². The Morgan fingerprint density at radius 3 is 2.64 bits per heavy atom. The van der Waals surface area contributed by atoms with E-state index >= 15 is 0 Å². The summed E-state index contributed by atoms with van der Waals surface area (Å²) in [4.78, 5) is 38.6. The molecule has 1 fully saturated rings. The number of anilines is 1. The first-order chi connectivity index (χ1) is 12.0. The Bertz CT molecular complexity index is 716. The van der Waals surface area contributed by atoms with Crippen LogP contribution >= 0.6 is 0 Å². The summed E-state index contributed by atoms with van der Waals surface area (Å²) in [5, 5.41) is 8.83. The number of rotatable bonds is 4. The molecule has 2 aliphatic rings. The van der Waals surface area contributed by atoms with Crippen molar-refractivity contribution in [2.75, 3.05) is 18.1 Å². The Balaban J connectivity index is 1.87. The van der Waals surface area contributed by atoms with Crippen LogP contribution in [0.25, 0.3) is 0 Å². The molecule has 2 aliphatic heterocycles. The molecule has 7 heteroatoms. The second kappa shape index (κ2) is 7.04. The highest BCUT2D eigenvalue weighted by molar-refractivity contribution is 6.40. The van der Waals surface area contributed by atoms with E-state index < -0.39 is 12.1 Å². The third-order valence-corrected chi connectivity index (χ3v) is 4.63. The van der Waals surface area contributed by atoms with Gasteiger partial charge < -0.3 is 10.2 Å². The number of para-hydroxylation sites is 1. The molecule has 0 bridgehead atoms. The number of hydrogen-bond donors (Lipinski definition) is 1. The maximum absolute atomic E-state index is 12.9.